The monoisotopic (exact) mass is 548 g/mol. The predicted octanol–water partition coefficient (Wildman–Crippen LogP) is 3.82. The summed E-state index contributed by atoms with van der Waals surface area (Å²) in [6.07, 6.45) is 3.63. The van der Waals surface area contributed by atoms with Gasteiger partial charge in [0.25, 0.3) is 11.8 Å². The number of nitrogens with one attached hydrogen (secondary N) is 3. The lowest BCUT2D eigenvalue weighted by molar-refractivity contribution is -0.136. The molecule has 1 aromatic carbocycles. The van der Waals surface area contributed by atoms with Crippen LogP contribution in [0.3, 0.4) is 0 Å². The zero-order valence-electron chi connectivity index (χ0n) is 21.9. The Morgan fingerprint density at radius 2 is 1.97 bits per heavy atom. The van der Waals surface area contributed by atoms with E-state index in [4.69, 9.17) is 0 Å². The number of halogens is 1. The number of carbonyl (C=O) groups is 3. The van der Waals surface area contributed by atoms with Crippen molar-refractivity contribution in [3.63, 3.8) is 0 Å². The number of aromatic amines is 1. The molecule has 1 atom stereocenters. The van der Waals surface area contributed by atoms with Gasteiger partial charge in [-0.05, 0) is 59.4 Å². The molecular weight excluding hydrogens is 519 g/mol. The van der Waals surface area contributed by atoms with Gasteiger partial charge in [0, 0.05) is 41.7 Å². The van der Waals surface area contributed by atoms with Crippen molar-refractivity contribution in [2.75, 3.05) is 6.54 Å². The van der Waals surface area contributed by atoms with Gasteiger partial charge in [0.2, 0.25) is 11.9 Å². The first-order valence-corrected chi connectivity index (χ1v) is 13.4. The second kappa shape index (κ2) is 10.6. The number of aromatic nitrogens is 3. The highest BCUT2D eigenvalue weighted by atomic mass is 32.1. The fraction of sp³-hybridized carbons (Fsp3) is 0.321. The van der Waals surface area contributed by atoms with Crippen molar-refractivity contribution in [3.05, 3.63) is 81.2 Å². The lowest BCUT2D eigenvalue weighted by Crippen LogP contribution is -2.55. The first-order valence-electron chi connectivity index (χ1n) is 12.6. The summed E-state index contributed by atoms with van der Waals surface area (Å²) >= 11 is 1.41. The van der Waals surface area contributed by atoms with Gasteiger partial charge in [0.1, 0.15) is 6.04 Å². The number of hydrogen-bond donors (Lipinski definition) is 3. The topological polar surface area (TPSA) is 120 Å². The minimum Gasteiger partial charge on any atom is -0.347 e. The molecule has 0 aliphatic carbocycles. The molecule has 11 heteroatoms. The third kappa shape index (κ3) is 5.83. The van der Waals surface area contributed by atoms with Crippen LogP contribution in [0.5, 0.6) is 0 Å². The number of H-pyrrole nitrogens is 1. The van der Waals surface area contributed by atoms with Gasteiger partial charge >= 0.3 is 0 Å². The largest absolute Gasteiger partial charge is 0.347 e. The SMILES string of the molecule is CC(C)(C)[C@@H](NC(=O)c1ccc2[nH]ncc2c1)C(=O)N1CCc2sc(C(=O)NCc3ccnc(F)c3)cc2C1. The highest BCUT2D eigenvalue weighted by Crippen LogP contribution is 2.30. The van der Waals surface area contributed by atoms with E-state index in [1.165, 1.54) is 23.6 Å². The number of rotatable bonds is 6. The van der Waals surface area contributed by atoms with Gasteiger partial charge < -0.3 is 15.5 Å². The maximum absolute atomic E-state index is 13.7. The van der Waals surface area contributed by atoms with E-state index in [2.05, 4.69) is 25.8 Å². The number of carbonyl (C=O) groups excluding carboxylic acids is 3. The molecule has 1 aliphatic heterocycles. The number of pyridine rings is 1. The standard InChI is InChI=1S/C28H29FN6O3S/c1-28(2,3)24(33-25(36)17-4-5-20-18(11-17)14-32-34-20)27(38)35-9-7-21-19(15-35)12-22(39-21)26(37)31-13-16-6-8-30-23(29)10-16/h4-6,8,10-12,14,24H,7,9,13,15H2,1-3H3,(H,31,37)(H,32,34)(H,33,36)/t24-/m0/s1. The van der Waals surface area contributed by atoms with Gasteiger partial charge in [-0.15, -0.1) is 11.3 Å². The van der Waals surface area contributed by atoms with Crippen LogP contribution in [0.25, 0.3) is 10.9 Å². The number of hydrogen-bond acceptors (Lipinski definition) is 6. The molecule has 0 bridgehead atoms. The van der Waals surface area contributed by atoms with Crippen LogP contribution in [-0.4, -0.2) is 50.4 Å². The molecule has 5 rings (SSSR count). The van der Waals surface area contributed by atoms with Gasteiger partial charge in [0.15, 0.2) is 0 Å². The molecule has 0 saturated carbocycles. The first kappa shape index (κ1) is 26.5. The summed E-state index contributed by atoms with van der Waals surface area (Å²) in [5.41, 5.74) is 2.29. The lowest BCUT2D eigenvalue weighted by atomic mass is 9.85. The summed E-state index contributed by atoms with van der Waals surface area (Å²) in [6, 6.07) is 9.23. The maximum Gasteiger partial charge on any atom is 0.261 e. The van der Waals surface area contributed by atoms with Crippen molar-refractivity contribution >= 4 is 40.0 Å². The molecule has 202 valence electrons. The second-order valence-corrected chi connectivity index (χ2v) is 11.8. The van der Waals surface area contributed by atoms with Crippen molar-refractivity contribution in [3.8, 4) is 0 Å². The van der Waals surface area contributed by atoms with E-state index in [1.807, 2.05) is 26.8 Å². The molecule has 0 unspecified atom stereocenters. The molecule has 39 heavy (non-hydrogen) atoms. The minimum absolute atomic E-state index is 0.164. The molecule has 4 aromatic rings. The van der Waals surface area contributed by atoms with E-state index in [9.17, 15) is 18.8 Å². The molecule has 9 nitrogen and oxygen atoms in total. The summed E-state index contributed by atoms with van der Waals surface area (Å²) in [7, 11) is 0. The smallest absolute Gasteiger partial charge is 0.261 e. The molecule has 3 aromatic heterocycles. The van der Waals surface area contributed by atoms with E-state index in [0.717, 1.165) is 21.3 Å². The summed E-state index contributed by atoms with van der Waals surface area (Å²) in [5.74, 6) is -1.34. The van der Waals surface area contributed by atoms with Gasteiger partial charge in [0.05, 0.1) is 16.6 Å². The Hall–Kier alpha value is -4.12. The average Bonchev–Trinajstić information content (AvgIpc) is 3.55. The Bertz CT molecular complexity index is 1560. The number of nitrogens with zero attached hydrogens (tertiary/aromatic N) is 3. The highest BCUT2D eigenvalue weighted by Gasteiger charge is 2.37. The van der Waals surface area contributed by atoms with Crippen molar-refractivity contribution in [1.29, 1.82) is 0 Å². The summed E-state index contributed by atoms with van der Waals surface area (Å²) in [5, 5.41) is 13.4. The molecule has 4 heterocycles. The number of thiophene rings is 1. The first-order chi connectivity index (χ1) is 18.6. The summed E-state index contributed by atoms with van der Waals surface area (Å²) in [6.45, 7) is 6.81. The zero-order chi connectivity index (χ0) is 27.7. The number of benzene rings is 1. The number of fused-ring (bicyclic) bond motifs is 2. The number of amides is 3. The molecule has 3 amide bonds. The van der Waals surface area contributed by atoms with Gasteiger partial charge in [-0.2, -0.15) is 9.49 Å². The van der Waals surface area contributed by atoms with Gasteiger partial charge in [-0.3, -0.25) is 19.5 Å². The van der Waals surface area contributed by atoms with Crippen molar-refractivity contribution in [2.45, 2.75) is 46.3 Å². The normalized spacial score (nSPS) is 14.1. The molecule has 0 spiro atoms. The molecule has 0 fully saturated rings. The Balaban J connectivity index is 1.26. The fourth-order valence-electron chi connectivity index (χ4n) is 4.58. The quantitative estimate of drug-likeness (QED) is 0.317. The Labute approximate surface area is 228 Å². The van der Waals surface area contributed by atoms with Crippen LogP contribution in [0.1, 0.15) is 56.8 Å². The minimum atomic E-state index is -0.742. The van der Waals surface area contributed by atoms with Crippen LogP contribution >= 0.6 is 11.3 Å². The summed E-state index contributed by atoms with van der Waals surface area (Å²) in [4.78, 5) is 46.5. The highest BCUT2D eigenvalue weighted by molar-refractivity contribution is 7.14. The van der Waals surface area contributed by atoms with E-state index >= 15 is 0 Å². The molecule has 1 aliphatic rings. The van der Waals surface area contributed by atoms with Crippen LogP contribution in [0, 0.1) is 11.4 Å². The van der Waals surface area contributed by atoms with E-state index in [1.54, 1.807) is 35.4 Å². The molecular formula is C28H29FN6O3S. The average molecular weight is 549 g/mol. The maximum atomic E-state index is 13.7. The third-order valence-electron chi connectivity index (χ3n) is 6.74. The molecule has 3 N–H and O–H groups in total. The van der Waals surface area contributed by atoms with Crippen LogP contribution in [0.2, 0.25) is 0 Å². The van der Waals surface area contributed by atoms with E-state index in [-0.39, 0.29) is 24.3 Å². The van der Waals surface area contributed by atoms with E-state index < -0.39 is 17.4 Å². The van der Waals surface area contributed by atoms with Crippen molar-refractivity contribution < 1.29 is 18.8 Å². The van der Waals surface area contributed by atoms with Crippen LogP contribution in [-0.2, 0) is 24.3 Å². The Morgan fingerprint density at radius 3 is 2.74 bits per heavy atom. The fourth-order valence-corrected chi connectivity index (χ4v) is 5.66. The second-order valence-electron chi connectivity index (χ2n) is 10.7. The van der Waals surface area contributed by atoms with Gasteiger partial charge in [-0.1, -0.05) is 20.8 Å². The van der Waals surface area contributed by atoms with Crippen LogP contribution in [0.4, 0.5) is 4.39 Å². The molecule has 0 radical (unpaired) electrons. The zero-order valence-corrected chi connectivity index (χ0v) is 22.7. The summed E-state index contributed by atoms with van der Waals surface area (Å²) < 4.78 is 13.3. The Morgan fingerprint density at radius 1 is 1.15 bits per heavy atom. The third-order valence-corrected chi connectivity index (χ3v) is 7.97. The predicted molar refractivity (Wildman–Crippen MR) is 146 cm³/mol. The lowest BCUT2D eigenvalue weighted by Gasteiger charge is -2.36. The van der Waals surface area contributed by atoms with Crippen molar-refractivity contribution in [1.82, 2.24) is 30.7 Å². The Kier molecular flexibility index (Phi) is 7.17. The van der Waals surface area contributed by atoms with Crippen LogP contribution < -0.4 is 10.6 Å². The van der Waals surface area contributed by atoms with Crippen molar-refractivity contribution in [2.24, 2.45) is 5.41 Å². The molecule has 0 saturated heterocycles. The van der Waals surface area contributed by atoms with Gasteiger partial charge in [-0.25, -0.2) is 4.98 Å². The van der Waals surface area contributed by atoms with E-state index in [0.29, 0.717) is 35.5 Å². The van der Waals surface area contributed by atoms with Crippen LogP contribution in [0.15, 0.2) is 48.8 Å².